The van der Waals surface area contributed by atoms with E-state index >= 15 is 0 Å². The highest BCUT2D eigenvalue weighted by Gasteiger charge is 2.33. The van der Waals surface area contributed by atoms with Gasteiger partial charge >= 0.3 is 0 Å². The molecule has 0 aromatic heterocycles. The standard InChI is InChI=1S/C39H54O8/c1-8-11-13-21-39(5,43)38(42)28-17-20-33(35(24-28)45-7)47-36(25-40)37(30-18-15-26(4)22-31(30)41)27-16-19-32(34(23-27)44-6)46-29(10-3)14-12-9-2/h15-20,22-24,29,36-37,40-41,43H,8-14,21,25H2,1-7H3. The van der Waals surface area contributed by atoms with Crippen molar-refractivity contribution in [1.82, 2.24) is 0 Å². The zero-order valence-corrected chi connectivity index (χ0v) is 29.2. The van der Waals surface area contributed by atoms with E-state index in [0.717, 1.165) is 56.1 Å². The molecule has 3 aromatic carbocycles. The Kier molecular flexibility index (Phi) is 14.4. The van der Waals surface area contributed by atoms with Crippen molar-refractivity contribution in [2.75, 3.05) is 20.8 Å². The van der Waals surface area contributed by atoms with Gasteiger partial charge in [0.05, 0.1) is 32.8 Å². The van der Waals surface area contributed by atoms with Crippen LogP contribution in [0.2, 0.25) is 0 Å². The number of ether oxygens (including phenoxy) is 4. The number of aryl methyl sites for hydroxylation is 1. The topological polar surface area (TPSA) is 115 Å². The number of carbonyl (C=O) groups is 1. The molecule has 258 valence electrons. The Balaban J connectivity index is 2.02. The van der Waals surface area contributed by atoms with Crippen molar-refractivity contribution < 1.29 is 39.1 Å². The molecule has 0 bridgehead atoms. The highest BCUT2D eigenvalue weighted by molar-refractivity contribution is 6.02. The fraction of sp³-hybridized carbons (Fsp3) is 0.513. The molecular weight excluding hydrogens is 596 g/mol. The van der Waals surface area contributed by atoms with Crippen LogP contribution in [0.5, 0.6) is 28.7 Å². The molecular formula is C39H54O8. The lowest BCUT2D eigenvalue weighted by Gasteiger charge is -2.29. The molecule has 0 heterocycles. The summed E-state index contributed by atoms with van der Waals surface area (Å²) in [7, 11) is 3.06. The number of aromatic hydroxyl groups is 1. The molecule has 4 atom stereocenters. The van der Waals surface area contributed by atoms with Crippen LogP contribution in [0.25, 0.3) is 0 Å². The first kappa shape index (κ1) is 37.7. The van der Waals surface area contributed by atoms with Crippen LogP contribution >= 0.6 is 0 Å². The van der Waals surface area contributed by atoms with E-state index in [2.05, 4.69) is 20.8 Å². The largest absolute Gasteiger partial charge is 0.508 e. The second-order valence-electron chi connectivity index (χ2n) is 12.5. The van der Waals surface area contributed by atoms with Crippen molar-refractivity contribution in [3.8, 4) is 28.7 Å². The lowest BCUT2D eigenvalue weighted by Crippen LogP contribution is -2.35. The zero-order valence-electron chi connectivity index (χ0n) is 29.2. The summed E-state index contributed by atoms with van der Waals surface area (Å²) in [5, 5.41) is 32.8. The zero-order chi connectivity index (χ0) is 34.6. The van der Waals surface area contributed by atoms with Crippen molar-refractivity contribution >= 4 is 5.78 Å². The fourth-order valence-electron chi connectivity index (χ4n) is 5.87. The highest BCUT2D eigenvalue weighted by Crippen LogP contribution is 2.41. The molecule has 0 amide bonds. The summed E-state index contributed by atoms with van der Waals surface area (Å²) < 4.78 is 24.2. The summed E-state index contributed by atoms with van der Waals surface area (Å²) in [4.78, 5) is 13.3. The number of aliphatic hydroxyl groups is 2. The van der Waals surface area contributed by atoms with E-state index < -0.39 is 30.0 Å². The first-order chi connectivity index (χ1) is 22.5. The summed E-state index contributed by atoms with van der Waals surface area (Å²) in [6.07, 6.45) is 6.18. The van der Waals surface area contributed by atoms with Gasteiger partial charge < -0.3 is 34.3 Å². The first-order valence-electron chi connectivity index (χ1n) is 16.9. The number of benzene rings is 3. The van der Waals surface area contributed by atoms with Gasteiger partial charge in [-0.25, -0.2) is 0 Å². The highest BCUT2D eigenvalue weighted by atomic mass is 16.5. The molecule has 3 rings (SSSR count). The summed E-state index contributed by atoms with van der Waals surface area (Å²) in [6, 6.07) is 15.8. The van der Waals surface area contributed by atoms with E-state index in [4.69, 9.17) is 18.9 Å². The summed E-state index contributed by atoms with van der Waals surface area (Å²) in [5.41, 5.74) is 0.981. The van der Waals surface area contributed by atoms with Gasteiger partial charge in [0.1, 0.15) is 17.5 Å². The molecule has 0 fully saturated rings. The van der Waals surface area contributed by atoms with Gasteiger partial charge in [0.15, 0.2) is 28.8 Å². The third-order valence-corrected chi connectivity index (χ3v) is 8.71. The second-order valence-corrected chi connectivity index (χ2v) is 12.5. The average Bonchev–Trinajstić information content (AvgIpc) is 3.07. The van der Waals surface area contributed by atoms with Crippen LogP contribution in [-0.2, 0) is 0 Å². The quantitative estimate of drug-likeness (QED) is 0.0829. The van der Waals surface area contributed by atoms with Gasteiger partial charge in [-0.05, 0) is 80.6 Å². The van der Waals surface area contributed by atoms with Crippen LogP contribution in [0, 0.1) is 6.92 Å². The number of Topliss-reactive ketones (excluding diaryl/α,β-unsaturated/α-hetero) is 1. The van der Waals surface area contributed by atoms with E-state index in [1.165, 1.54) is 7.11 Å². The van der Waals surface area contributed by atoms with Crippen molar-refractivity contribution in [3.05, 3.63) is 76.9 Å². The van der Waals surface area contributed by atoms with E-state index in [0.29, 0.717) is 34.8 Å². The number of methoxy groups -OCH3 is 2. The number of phenolic OH excluding ortho intramolecular Hbond substituents is 1. The molecule has 8 nitrogen and oxygen atoms in total. The van der Waals surface area contributed by atoms with Gasteiger partial charge in [0.2, 0.25) is 0 Å². The van der Waals surface area contributed by atoms with Gasteiger partial charge in [-0.3, -0.25) is 4.79 Å². The SMILES string of the molecule is CCCCCC(C)(O)C(=O)c1ccc(OC(CO)C(c2ccc(OC(CC)CCCC)c(OC)c2)c2ccc(C)cc2O)c(OC)c1. The van der Waals surface area contributed by atoms with Crippen LogP contribution in [0.3, 0.4) is 0 Å². The predicted octanol–water partition coefficient (Wildman–Crippen LogP) is 8.15. The van der Waals surface area contributed by atoms with Crippen molar-refractivity contribution in [2.45, 2.75) is 110 Å². The van der Waals surface area contributed by atoms with E-state index in [1.807, 2.05) is 37.3 Å². The van der Waals surface area contributed by atoms with Crippen LogP contribution < -0.4 is 18.9 Å². The minimum Gasteiger partial charge on any atom is -0.508 e. The maximum atomic E-state index is 13.3. The maximum Gasteiger partial charge on any atom is 0.194 e. The summed E-state index contributed by atoms with van der Waals surface area (Å²) in [6.45, 7) is 9.37. The Bertz CT molecular complexity index is 1430. The minimum atomic E-state index is -1.51. The lowest BCUT2D eigenvalue weighted by atomic mass is 9.85. The number of rotatable bonds is 20. The number of aliphatic hydroxyl groups excluding tert-OH is 1. The Hall–Kier alpha value is -3.75. The first-order valence-corrected chi connectivity index (χ1v) is 16.9. The average molecular weight is 651 g/mol. The number of unbranched alkanes of at least 4 members (excludes halogenated alkanes) is 3. The fourth-order valence-corrected chi connectivity index (χ4v) is 5.87. The van der Waals surface area contributed by atoms with Crippen molar-refractivity contribution in [1.29, 1.82) is 0 Å². The Morgan fingerprint density at radius 3 is 2.11 bits per heavy atom. The number of carbonyl (C=O) groups excluding carboxylic acids is 1. The monoisotopic (exact) mass is 650 g/mol. The molecule has 3 N–H and O–H groups in total. The molecule has 0 aliphatic rings. The van der Waals surface area contributed by atoms with E-state index in [-0.39, 0.29) is 17.6 Å². The molecule has 0 saturated heterocycles. The molecule has 0 saturated carbocycles. The molecule has 0 aliphatic carbocycles. The van der Waals surface area contributed by atoms with Gasteiger partial charge in [0.25, 0.3) is 0 Å². The third-order valence-electron chi connectivity index (χ3n) is 8.71. The Labute approximate surface area is 280 Å². The molecule has 4 unspecified atom stereocenters. The summed E-state index contributed by atoms with van der Waals surface area (Å²) in [5.74, 6) is 0.797. The van der Waals surface area contributed by atoms with E-state index in [1.54, 1.807) is 38.3 Å². The lowest BCUT2D eigenvalue weighted by molar-refractivity contribution is 0.0355. The summed E-state index contributed by atoms with van der Waals surface area (Å²) >= 11 is 0. The van der Waals surface area contributed by atoms with Gasteiger partial charge in [0, 0.05) is 11.1 Å². The second kappa shape index (κ2) is 18.0. The predicted molar refractivity (Wildman–Crippen MR) is 186 cm³/mol. The van der Waals surface area contributed by atoms with E-state index in [9.17, 15) is 20.1 Å². The number of phenols is 1. The number of hydrogen-bond acceptors (Lipinski definition) is 8. The third kappa shape index (κ3) is 9.88. The minimum absolute atomic E-state index is 0.0579. The Morgan fingerprint density at radius 2 is 1.49 bits per heavy atom. The molecule has 0 spiro atoms. The van der Waals surface area contributed by atoms with Crippen LogP contribution in [0.4, 0.5) is 0 Å². The normalized spacial score (nSPS) is 14.5. The molecule has 0 aliphatic heterocycles. The van der Waals surface area contributed by atoms with Gasteiger partial charge in [-0.15, -0.1) is 0 Å². The molecule has 47 heavy (non-hydrogen) atoms. The van der Waals surface area contributed by atoms with Gasteiger partial charge in [-0.2, -0.15) is 0 Å². The molecule has 8 heteroatoms. The Morgan fingerprint density at radius 1 is 0.830 bits per heavy atom. The molecule has 3 aromatic rings. The van der Waals surface area contributed by atoms with Crippen LogP contribution in [-0.4, -0.2) is 59.7 Å². The van der Waals surface area contributed by atoms with Crippen molar-refractivity contribution in [2.24, 2.45) is 0 Å². The van der Waals surface area contributed by atoms with Crippen molar-refractivity contribution in [3.63, 3.8) is 0 Å². The number of hydrogen-bond donors (Lipinski definition) is 3. The van der Waals surface area contributed by atoms with Crippen LogP contribution in [0.15, 0.2) is 54.6 Å². The van der Waals surface area contributed by atoms with Gasteiger partial charge in [-0.1, -0.05) is 71.1 Å². The van der Waals surface area contributed by atoms with Crippen LogP contribution in [0.1, 0.15) is 112 Å². The smallest absolute Gasteiger partial charge is 0.194 e. The molecule has 0 radical (unpaired) electrons. The number of ketones is 1. The maximum absolute atomic E-state index is 13.3.